The monoisotopic (exact) mass is 385 g/mol. The first-order chi connectivity index (χ1) is 13.3. The molecular weight excluding hydrogens is 366 g/mol. The largest absolute Gasteiger partial charge is 0.482 e. The first kappa shape index (κ1) is 19.3. The van der Waals surface area contributed by atoms with Gasteiger partial charge in [0.05, 0.1) is 22.8 Å². The average molecular weight is 385 g/mol. The lowest BCUT2D eigenvalue weighted by Gasteiger charge is -2.29. The highest BCUT2D eigenvalue weighted by molar-refractivity contribution is 6.01. The number of anilines is 1. The van der Waals surface area contributed by atoms with Crippen molar-refractivity contribution in [1.82, 2.24) is 4.57 Å². The average Bonchev–Trinajstić information content (AvgIpc) is 2.66. The summed E-state index contributed by atoms with van der Waals surface area (Å²) in [5.74, 6) is -0.0824. The van der Waals surface area contributed by atoms with Gasteiger partial charge in [-0.2, -0.15) is 0 Å². The van der Waals surface area contributed by atoms with Gasteiger partial charge in [-0.3, -0.25) is 29.1 Å². The number of ketones is 1. The van der Waals surface area contributed by atoms with Crippen molar-refractivity contribution in [2.45, 2.75) is 26.8 Å². The number of pyridine rings is 1. The molecule has 1 aliphatic heterocycles. The first-order valence-electron chi connectivity index (χ1n) is 8.78. The van der Waals surface area contributed by atoms with Gasteiger partial charge in [0.15, 0.2) is 12.4 Å². The number of hydrogen-bond acceptors (Lipinski definition) is 6. The second kappa shape index (κ2) is 7.63. The maximum Gasteiger partial charge on any atom is 0.288 e. The van der Waals surface area contributed by atoms with Gasteiger partial charge >= 0.3 is 0 Å². The molecular formula is C19H19N3O6. The predicted molar refractivity (Wildman–Crippen MR) is 101 cm³/mol. The Balaban J connectivity index is 1.95. The molecule has 0 unspecified atom stereocenters. The zero-order valence-corrected chi connectivity index (χ0v) is 15.5. The molecule has 0 bridgehead atoms. The van der Waals surface area contributed by atoms with E-state index in [1.54, 1.807) is 23.1 Å². The molecule has 0 fully saturated rings. The number of carbonyl (C=O) groups is 2. The Morgan fingerprint density at radius 1 is 1.25 bits per heavy atom. The highest BCUT2D eigenvalue weighted by atomic mass is 16.6. The number of benzene rings is 1. The van der Waals surface area contributed by atoms with Gasteiger partial charge in [0.1, 0.15) is 5.75 Å². The third-order valence-electron chi connectivity index (χ3n) is 4.59. The highest BCUT2D eigenvalue weighted by Gasteiger charge is 2.26. The Hall–Kier alpha value is -3.49. The van der Waals surface area contributed by atoms with Crippen molar-refractivity contribution >= 4 is 23.1 Å². The molecule has 0 saturated heterocycles. The zero-order chi connectivity index (χ0) is 20.4. The van der Waals surface area contributed by atoms with Crippen molar-refractivity contribution in [2.75, 3.05) is 18.1 Å². The van der Waals surface area contributed by atoms with E-state index >= 15 is 0 Å². The molecule has 0 aliphatic carbocycles. The Morgan fingerprint density at radius 2 is 2.00 bits per heavy atom. The van der Waals surface area contributed by atoms with Gasteiger partial charge in [0.25, 0.3) is 17.2 Å². The van der Waals surface area contributed by atoms with Crippen molar-refractivity contribution in [3.8, 4) is 5.75 Å². The minimum absolute atomic E-state index is 0.0530. The molecule has 0 N–H and O–H groups in total. The van der Waals surface area contributed by atoms with Crippen LogP contribution in [0.5, 0.6) is 5.75 Å². The van der Waals surface area contributed by atoms with Gasteiger partial charge in [-0.15, -0.1) is 0 Å². The molecule has 3 rings (SSSR count). The molecule has 2 aromatic rings. The number of nitrogens with zero attached hydrogens (tertiary/aromatic N) is 3. The lowest BCUT2D eigenvalue weighted by molar-refractivity contribution is -0.386. The molecule has 28 heavy (non-hydrogen) atoms. The summed E-state index contributed by atoms with van der Waals surface area (Å²) in [5, 5.41) is 11.1. The molecule has 1 aliphatic rings. The van der Waals surface area contributed by atoms with Crippen molar-refractivity contribution in [1.29, 1.82) is 0 Å². The van der Waals surface area contributed by atoms with Crippen LogP contribution >= 0.6 is 0 Å². The van der Waals surface area contributed by atoms with Gasteiger partial charge in [-0.25, -0.2) is 0 Å². The summed E-state index contributed by atoms with van der Waals surface area (Å²) in [7, 11) is 0. The number of Topliss-reactive ketones (excluding diaryl/α,β-unsaturated/α-hetero) is 1. The third-order valence-corrected chi connectivity index (χ3v) is 4.59. The van der Waals surface area contributed by atoms with E-state index in [0.717, 1.165) is 23.1 Å². The smallest absolute Gasteiger partial charge is 0.288 e. The first-order valence-corrected chi connectivity index (χ1v) is 8.78. The fraction of sp³-hybridized carbons (Fsp3) is 0.316. The van der Waals surface area contributed by atoms with E-state index in [1.807, 2.05) is 6.92 Å². The van der Waals surface area contributed by atoms with Crippen LogP contribution in [0.4, 0.5) is 11.4 Å². The van der Waals surface area contributed by atoms with Crippen LogP contribution in [-0.4, -0.2) is 34.3 Å². The molecule has 2 heterocycles. The number of hydrogen-bond donors (Lipinski definition) is 0. The van der Waals surface area contributed by atoms with Crippen molar-refractivity contribution in [3.05, 3.63) is 62.1 Å². The van der Waals surface area contributed by atoms with Crippen molar-refractivity contribution in [3.63, 3.8) is 0 Å². The highest BCUT2D eigenvalue weighted by Crippen LogP contribution is 2.33. The predicted octanol–water partition coefficient (Wildman–Crippen LogP) is 2.08. The summed E-state index contributed by atoms with van der Waals surface area (Å²) in [5.41, 5.74) is 0.171. The normalized spacial score (nSPS) is 13.1. The number of fused-ring (bicyclic) bond motifs is 1. The van der Waals surface area contributed by atoms with Crippen molar-refractivity contribution in [2.24, 2.45) is 0 Å². The summed E-state index contributed by atoms with van der Waals surface area (Å²) in [6.07, 6.45) is 0.742. The van der Waals surface area contributed by atoms with E-state index in [4.69, 9.17) is 4.74 Å². The molecule has 146 valence electrons. The van der Waals surface area contributed by atoms with E-state index in [2.05, 4.69) is 0 Å². The van der Waals surface area contributed by atoms with Crippen LogP contribution in [-0.2, 0) is 11.3 Å². The summed E-state index contributed by atoms with van der Waals surface area (Å²) in [6, 6.07) is 6.92. The van der Waals surface area contributed by atoms with Crippen LogP contribution in [0.15, 0.2) is 35.1 Å². The second-order valence-corrected chi connectivity index (χ2v) is 6.43. The lowest BCUT2D eigenvalue weighted by Crippen LogP contribution is -2.39. The van der Waals surface area contributed by atoms with Crippen LogP contribution in [0, 0.1) is 17.0 Å². The second-order valence-electron chi connectivity index (χ2n) is 6.43. The quantitative estimate of drug-likeness (QED) is 0.428. The summed E-state index contributed by atoms with van der Waals surface area (Å²) < 4.78 is 6.49. The molecule has 0 saturated carbocycles. The van der Waals surface area contributed by atoms with Gasteiger partial charge in [-0.05, 0) is 31.5 Å². The SMILES string of the molecule is CCCN1C(=O)COc2ccc(C(=O)Cn3c(C)c([N+](=O)[O-])ccc3=O)cc21. The fourth-order valence-corrected chi connectivity index (χ4v) is 3.13. The number of ether oxygens (including phenoxy) is 1. The molecule has 9 nitrogen and oxygen atoms in total. The van der Waals surface area contributed by atoms with E-state index in [9.17, 15) is 24.5 Å². The van der Waals surface area contributed by atoms with E-state index in [0.29, 0.717) is 18.0 Å². The Morgan fingerprint density at radius 3 is 2.68 bits per heavy atom. The van der Waals surface area contributed by atoms with Crippen LogP contribution < -0.4 is 15.2 Å². The van der Waals surface area contributed by atoms with E-state index < -0.39 is 16.3 Å². The number of amides is 1. The topological polar surface area (TPSA) is 112 Å². The molecule has 1 aromatic carbocycles. The molecule has 1 amide bonds. The number of carbonyl (C=O) groups excluding carboxylic acids is 2. The maximum absolute atomic E-state index is 12.8. The van der Waals surface area contributed by atoms with Crippen LogP contribution in [0.2, 0.25) is 0 Å². The summed E-state index contributed by atoms with van der Waals surface area (Å²) >= 11 is 0. The minimum Gasteiger partial charge on any atom is -0.482 e. The Bertz CT molecular complexity index is 1030. The Labute approximate surface area is 160 Å². The third kappa shape index (κ3) is 3.51. The minimum atomic E-state index is -0.597. The van der Waals surface area contributed by atoms with E-state index in [-0.39, 0.29) is 36.0 Å². The van der Waals surface area contributed by atoms with Crippen molar-refractivity contribution < 1.29 is 19.2 Å². The molecule has 9 heteroatoms. The summed E-state index contributed by atoms with van der Waals surface area (Å²) in [6.45, 7) is 3.47. The maximum atomic E-state index is 12.8. The van der Waals surface area contributed by atoms with Crippen LogP contribution in [0.3, 0.4) is 0 Å². The molecule has 0 atom stereocenters. The lowest BCUT2D eigenvalue weighted by atomic mass is 10.1. The molecule has 0 radical (unpaired) electrons. The van der Waals surface area contributed by atoms with Crippen LogP contribution in [0.25, 0.3) is 0 Å². The molecule has 1 aromatic heterocycles. The number of rotatable bonds is 6. The van der Waals surface area contributed by atoms with Gasteiger partial charge in [-0.1, -0.05) is 6.92 Å². The number of aromatic nitrogens is 1. The number of nitro groups is 1. The Kier molecular flexibility index (Phi) is 5.25. The van der Waals surface area contributed by atoms with E-state index in [1.165, 1.54) is 6.92 Å². The summed E-state index contributed by atoms with van der Waals surface area (Å²) in [4.78, 5) is 49.0. The van der Waals surface area contributed by atoms with Gasteiger partial charge in [0.2, 0.25) is 0 Å². The molecule has 0 spiro atoms. The van der Waals surface area contributed by atoms with Crippen LogP contribution in [0.1, 0.15) is 29.4 Å². The van der Waals surface area contributed by atoms with Gasteiger partial charge in [0, 0.05) is 24.2 Å². The zero-order valence-electron chi connectivity index (χ0n) is 15.5. The standard InChI is InChI=1S/C19H19N3O6/c1-3-8-20-15-9-13(4-6-17(15)28-11-19(20)25)16(23)10-21-12(2)14(22(26)27)5-7-18(21)24/h4-7,9H,3,8,10-11H2,1-2H3. The fourth-order valence-electron chi connectivity index (χ4n) is 3.13. The van der Waals surface area contributed by atoms with Gasteiger partial charge < -0.3 is 9.64 Å².